The Morgan fingerprint density at radius 1 is 0.771 bits per heavy atom. The zero-order chi connectivity index (χ0) is 25.0. The second-order valence-corrected chi connectivity index (χ2v) is 9.78. The molecule has 9 heteroatoms. The van der Waals surface area contributed by atoms with Gasteiger partial charge < -0.3 is 10.6 Å². The zero-order valence-corrected chi connectivity index (χ0v) is 20.3. The van der Waals surface area contributed by atoms with E-state index in [0.29, 0.717) is 23.0 Å². The lowest BCUT2D eigenvalue weighted by Crippen LogP contribution is -2.13. The van der Waals surface area contributed by atoms with Gasteiger partial charge in [-0.25, -0.2) is 13.4 Å². The van der Waals surface area contributed by atoms with Gasteiger partial charge >= 0.3 is 0 Å². The standard InChI is InChI=1S/C26H25N5O3S/c1-17-7-9-22(10-8-17)29-26-27-18(2)15-25(30-26)28-21-11-13-23(14-12-21)31-35(33,34)24-6-4-5-20(16-24)19(3)32/h4-16,31H,1-3H3,(H2,27,28,29,30). The molecule has 3 aromatic carbocycles. The van der Waals surface area contributed by atoms with E-state index in [4.69, 9.17) is 0 Å². The van der Waals surface area contributed by atoms with Gasteiger partial charge in [0.25, 0.3) is 10.0 Å². The highest BCUT2D eigenvalue weighted by atomic mass is 32.2. The predicted octanol–water partition coefficient (Wildman–Crippen LogP) is 5.58. The molecule has 0 atom stereocenters. The molecule has 178 valence electrons. The highest BCUT2D eigenvalue weighted by molar-refractivity contribution is 7.92. The van der Waals surface area contributed by atoms with E-state index in [1.165, 1.54) is 24.6 Å². The fourth-order valence-corrected chi connectivity index (χ4v) is 4.42. The minimum atomic E-state index is -3.84. The second kappa shape index (κ2) is 9.94. The van der Waals surface area contributed by atoms with Crippen LogP contribution in [-0.4, -0.2) is 24.2 Å². The first-order chi connectivity index (χ1) is 16.7. The molecule has 0 fully saturated rings. The maximum Gasteiger partial charge on any atom is 0.261 e. The van der Waals surface area contributed by atoms with Gasteiger partial charge in [0.15, 0.2) is 5.78 Å². The van der Waals surface area contributed by atoms with Crippen LogP contribution in [0.2, 0.25) is 0 Å². The van der Waals surface area contributed by atoms with E-state index in [1.54, 1.807) is 36.4 Å². The zero-order valence-electron chi connectivity index (χ0n) is 19.5. The number of aromatic nitrogens is 2. The number of hydrogen-bond acceptors (Lipinski definition) is 7. The molecule has 0 saturated carbocycles. The van der Waals surface area contributed by atoms with Gasteiger partial charge in [-0.05, 0) is 69.3 Å². The molecule has 0 spiro atoms. The van der Waals surface area contributed by atoms with Crippen LogP contribution in [0.4, 0.5) is 28.8 Å². The van der Waals surface area contributed by atoms with Crippen molar-refractivity contribution >= 4 is 44.6 Å². The van der Waals surface area contributed by atoms with Gasteiger partial charge in [0, 0.05) is 34.4 Å². The molecule has 1 aromatic heterocycles. The fourth-order valence-electron chi connectivity index (χ4n) is 3.32. The number of ketones is 1. The number of aryl methyl sites for hydroxylation is 2. The van der Waals surface area contributed by atoms with Gasteiger partial charge in [0.2, 0.25) is 5.95 Å². The van der Waals surface area contributed by atoms with Gasteiger partial charge in [-0.2, -0.15) is 4.98 Å². The molecule has 8 nitrogen and oxygen atoms in total. The molecule has 4 aromatic rings. The normalized spacial score (nSPS) is 11.1. The van der Waals surface area contributed by atoms with Crippen molar-refractivity contribution in [3.63, 3.8) is 0 Å². The van der Waals surface area contributed by atoms with Crippen molar-refractivity contribution in [2.24, 2.45) is 0 Å². The molecule has 35 heavy (non-hydrogen) atoms. The summed E-state index contributed by atoms with van der Waals surface area (Å²) in [5, 5.41) is 6.42. The molecule has 0 radical (unpaired) electrons. The fraction of sp³-hybridized carbons (Fsp3) is 0.115. The molecule has 0 bridgehead atoms. The first kappa shape index (κ1) is 23.9. The quantitative estimate of drug-likeness (QED) is 0.278. The van der Waals surface area contributed by atoms with Crippen molar-refractivity contribution in [1.29, 1.82) is 0 Å². The molecule has 0 saturated heterocycles. The number of benzene rings is 3. The largest absolute Gasteiger partial charge is 0.340 e. The van der Waals surface area contributed by atoms with Gasteiger partial charge in [0.05, 0.1) is 4.90 Å². The average molecular weight is 488 g/mol. The summed E-state index contributed by atoms with van der Waals surface area (Å²) in [7, 11) is -3.84. The van der Waals surface area contributed by atoms with Crippen molar-refractivity contribution in [1.82, 2.24) is 9.97 Å². The molecule has 0 aliphatic rings. The summed E-state index contributed by atoms with van der Waals surface area (Å²) in [5.41, 5.74) is 4.30. The minimum Gasteiger partial charge on any atom is -0.340 e. The molecular weight excluding hydrogens is 462 g/mol. The van der Waals surface area contributed by atoms with Gasteiger partial charge in [-0.15, -0.1) is 0 Å². The Kier molecular flexibility index (Phi) is 6.79. The van der Waals surface area contributed by atoms with E-state index in [0.717, 1.165) is 17.1 Å². The number of rotatable bonds is 8. The highest BCUT2D eigenvalue weighted by Gasteiger charge is 2.15. The molecule has 4 rings (SSSR count). The lowest BCUT2D eigenvalue weighted by Gasteiger charge is -2.12. The van der Waals surface area contributed by atoms with Crippen molar-refractivity contribution in [2.75, 3.05) is 15.4 Å². The van der Waals surface area contributed by atoms with E-state index in [1.807, 2.05) is 44.2 Å². The molecule has 0 amide bonds. The van der Waals surface area contributed by atoms with Crippen molar-refractivity contribution in [2.45, 2.75) is 25.7 Å². The van der Waals surface area contributed by atoms with Crippen molar-refractivity contribution < 1.29 is 13.2 Å². The van der Waals surface area contributed by atoms with Crippen LogP contribution in [0.1, 0.15) is 28.5 Å². The summed E-state index contributed by atoms with van der Waals surface area (Å²) in [5.74, 6) is 0.865. The molecule has 3 N–H and O–H groups in total. The first-order valence-corrected chi connectivity index (χ1v) is 12.4. The predicted molar refractivity (Wildman–Crippen MR) is 138 cm³/mol. The number of nitrogens with one attached hydrogen (secondary N) is 3. The Balaban J connectivity index is 1.46. The molecule has 0 aliphatic carbocycles. The van der Waals surface area contributed by atoms with Crippen molar-refractivity contribution in [3.8, 4) is 0 Å². The number of Topliss-reactive ketones (excluding diaryl/α,β-unsaturated/α-hetero) is 1. The smallest absolute Gasteiger partial charge is 0.261 e. The Labute approximate surface area is 204 Å². The van der Waals surface area contributed by atoms with Crippen LogP contribution in [0.3, 0.4) is 0 Å². The van der Waals surface area contributed by atoms with Crippen LogP contribution in [0, 0.1) is 13.8 Å². The first-order valence-electron chi connectivity index (χ1n) is 10.9. The number of anilines is 5. The molecule has 0 aliphatic heterocycles. The summed E-state index contributed by atoms with van der Waals surface area (Å²) in [4.78, 5) is 20.6. The van der Waals surface area contributed by atoms with Gasteiger partial charge in [-0.3, -0.25) is 9.52 Å². The summed E-state index contributed by atoms with van der Waals surface area (Å²) in [6.07, 6.45) is 0. The summed E-state index contributed by atoms with van der Waals surface area (Å²) in [6, 6.07) is 22.5. The maximum absolute atomic E-state index is 12.7. The Morgan fingerprint density at radius 2 is 1.40 bits per heavy atom. The topological polar surface area (TPSA) is 113 Å². The third-order valence-corrected chi connectivity index (χ3v) is 6.50. The highest BCUT2D eigenvalue weighted by Crippen LogP contribution is 2.23. The summed E-state index contributed by atoms with van der Waals surface area (Å²) >= 11 is 0. The Hall–Kier alpha value is -4.24. The molecule has 0 unspecified atom stereocenters. The Bertz CT molecular complexity index is 1470. The number of hydrogen-bond donors (Lipinski definition) is 3. The summed E-state index contributed by atoms with van der Waals surface area (Å²) < 4.78 is 28.0. The SMILES string of the molecule is CC(=O)c1cccc(S(=O)(=O)Nc2ccc(Nc3cc(C)nc(Nc4ccc(C)cc4)n3)cc2)c1. The lowest BCUT2D eigenvalue weighted by atomic mass is 10.2. The molecule has 1 heterocycles. The van der Waals surface area contributed by atoms with E-state index in [9.17, 15) is 13.2 Å². The number of carbonyl (C=O) groups excluding carboxylic acids is 1. The maximum atomic E-state index is 12.7. The monoisotopic (exact) mass is 487 g/mol. The van der Waals surface area contributed by atoms with Gasteiger partial charge in [-0.1, -0.05) is 29.8 Å². The van der Waals surface area contributed by atoms with E-state index in [-0.39, 0.29) is 10.7 Å². The van der Waals surface area contributed by atoms with Crippen LogP contribution >= 0.6 is 0 Å². The number of nitrogens with zero attached hydrogens (tertiary/aromatic N) is 2. The average Bonchev–Trinajstić information content (AvgIpc) is 2.81. The third-order valence-electron chi connectivity index (χ3n) is 5.12. The lowest BCUT2D eigenvalue weighted by molar-refractivity contribution is 0.101. The molecular formula is C26H25N5O3S. The van der Waals surface area contributed by atoms with Crippen LogP contribution in [0.15, 0.2) is 83.8 Å². The van der Waals surface area contributed by atoms with E-state index in [2.05, 4.69) is 25.3 Å². The third kappa shape index (κ3) is 6.21. The number of sulfonamides is 1. The number of carbonyl (C=O) groups is 1. The summed E-state index contributed by atoms with van der Waals surface area (Å²) in [6.45, 7) is 5.30. The van der Waals surface area contributed by atoms with Crippen LogP contribution < -0.4 is 15.4 Å². The van der Waals surface area contributed by atoms with Crippen LogP contribution in [0.5, 0.6) is 0 Å². The van der Waals surface area contributed by atoms with Crippen LogP contribution in [-0.2, 0) is 10.0 Å². The Morgan fingerprint density at radius 3 is 2.09 bits per heavy atom. The van der Waals surface area contributed by atoms with Crippen molar-refractivity contribution in [3.05, 3.63) is 95.7 Å². The van der Waals surface area contributed by atoms with Gasteiger partial charge in [0.1, 0.15) is 5.82 Å². The van der Waals surface area contributed by atoms with E-state index >= 15 is 0 Å². The van der Waals surface area contributed by atoms with Crippen LogP contribution in [0.25, 0.3) is 0 Å². The second-order valence-electron chi connectivity index (χ2n) is 8.10. The van der Waals surface area contributed by atoms with E-state index < -0.39 is 10.0 Å². The minimum absolute atomic E-state index is 0.0254.